The first-order valence-electron chi connectivity index (χ1n) is 22.1. The third kappa shape index (κ3) is 10.1. The second-order valence-electron chi connectivity index (χ2n) is 18.4. The van der Waals surface area contributed by atoms with Crippen molar-refractivity contribution in [1.29, 1.82) is 0 Å². The number of nitrogens with zero attached hydrogens (tertiary/aromatic N) is 5. The smallest absolute Gasteiger partial charge is 0.411 e. The second-order valence-corrected chi connectivity index (χ2v) is 20.6. The van der Waals surface area contributed by atoms with Gasteiger partial charge < -0.3 is 29.6 Å². The van der Waals surface area contributed by atoms with Crippen LogP contribution in [0, 0.1) is 15.5 Å². The number of alkyl halides is 3. The average Bonchev–Trinajstić information content (AvgIpc) is 3.75. The highest BCUT2D eigenvalue weighted by molar-refractivity contribution is 7.90. The van der Waals surface area contributed by atoms with Gasteiger partial charge in [-0.2, -0.15) is 13.8 Å². The molecule has 0 saturated carbocycles. The van der Waals surface area contributed by atoms with E-state index >= 15 is 13.2 Å². The predicted octanol–water partition coefficient (Wildman–Crippen LogP) is 9.08. The van der Waals surface area contributed by atoms with E-state index in [0.717, 1.165) is 44.0 Å². The van der Waals surface area contributed by atoms with Gasteiger partial charge in [0.05, 0.1) is 21.1 Å². The number of aromatic nitrogens is 2. The molecule has 15 nitrogen and oxygen atoms in total. The summed E-state index contributed by atoms with van der Waals surface area (Å²) in [5.74, 6) is -1.58. The summed E-state index contributed by atoms with van der Waals surface area (Å²) in [4.78, 5) is 37.8. The molecule has 5 aromatic rings. The fraction of sp³-hybridized carbons (Fsp3) is 0.404. The maximum Gasteiger partial charge on any atom is 0.417 e. The van der Waals surface area contributed by atoms with Crippen molar-refractivity contribution in [2.24, 2.45) is 5.41 Å². The molecule has 0 bridgehead atoms. The number of ether oxygens (including phenoxy) is 2. The molecule has 4 aliphatic rings. The SMILES string of the molecule is CC1(C)CCC(CN2CCN(c3ccc(C(=O)NS(=O)(=O)c4ccc(NCC5(F)CCOCC5)c([N+](=O)[O-])c4)c(N4CC(F)(F)Oc5nc6[nH]ccc6cc54)c3)CC2)=C(c2ccc(Cl)cc2)C1. The van der Waals surface area contributed by atoms with Gasteiger partial charge in [-0.15, -0.1) is 0 Å². The van der Waals surface area contributed by atoms with Crippen LogP contribution in [0.5, 0.6) is 5.88 Å². The molecule has 2 saturated heterocycles. The number of H-pyrrole nitrogens is 1. The average molecular weight is 963 g/mol. The Morgan fingerprint density at radius 3 is 2.43 bits per heavy atom. The van der Waals surface area contributed by atoms with E-state index in [2.05, 4.69) is 51.1 Å². The Morgan fingerprint density at radius 2 is 1.70 bits per heavy atom. The van der Waals surface area contributed by atoms with Gasteiger partial charge in [-0.1, -0.05) is 43.2 Å². The maximum atomic E-state index is 15.6. The molecule has 9 rings (SSSR count). The number of nitro groups is 1. The van der Waals surface area contributed by atoms with Crippen molar-refractivity contribution in [3.05, 3.63) is 111 Å². The van der Waals surface area contributed by atoms with Gasteiger partial charge in [-0.3, -0.25) is 19.8 Å². The number of rotatable bonds is 12. The van der Waals surface area contributed by atoms with E-state index < -0.39 is 55.6 Å². The zero-order chi connectivity index (χ0) is 47.3. The molecule has 3 N–H and O–H groups in total. The number of benzene rings is 3. The molecule has 354 valence electrons. The lowest BCUT2D eigenvalue weighted by atomic mass is 9.72. The minimum Gasteiger partial charge on any atom is -0.411 e. The zero-order valence-corrected chi connectivity index (χ0v) is 38.5. The first-order valence-corrected chi connectivity index (χ1v) is 24.0. The Balaban J connectivity index is 1.00. The molecule has 3 aliphatic heterocycles. The Hall–Kier alpha value is -5.89. The van der Waals surface area contributed by atoms with Gasteiger partial charge in [0.1, 0.15) is 29.2 Å². The number of pyridine rings is 1. The maximum absolute atomic E-state index is 15.6. The number of hydrogen-bond acceptors (Lipinski definition) is 12. The van der Waals surface area contributed by atoms with E-state index in [1.165, 1.54) is 27.7 Å². The molecule has 20 heteroatoms. The number of anilines is 4. The van der Waals surface area contributed by atoms with E-state index in [4.69, 9.17) is 21.1 Å². The minimum atomic E-state index is -4.82. The van der Waals surface area contributed by atoms with Crippen LogP contribution in [-0.2, 0) is 14.8 Å². The number of halogens is 4. The molecule has 2 fully saturated rings. The predicted molar refractivity (Wildman–Crippen MR) is 250 cm³/mol. The molecule has 2 aromatic heterocycles. The summed E-state index contributed by atoms with van der Waals surface area (Å²) < 4.78 is 86.4. The summed E-state index contributed by atoms with van der Waals surface area (Å²) in [5, 5.41) is 16.1. The number of sulfonamides is 1. The number of nitro benzene ring substituents is 1. The molecular weight excluding hydrogens is 913 g/mol. The summed E-state index contributed by atoms with van der Waals surface area (Å²) in [7, 11) is -4.82. The number of carbonyl (C=O) groups is 1. The van der Waals surface area contributed by atoms with E-state index in [-0.39, 0.29) is 60.6 Å². The van der Waals surface area contributed by atoms with Crippen LogP contribution in [0.3, 0.4) is 0 Å². The molecule has 0 atom stereocenters. The highest BCUT2D eigenvalue weighted by Gasteiger charge is 2.44. The van der Waals surface area contributed by atoms with Gasteiger partial charge in [-0.05, 0) is 90.4 Å². The number of fused-ring (bicyclic) bond motifs is 2. The Kier molecular flexibility index (Phi) is 12.4. The number of amides is 1. The lowest BCUT2D eigenvalue weighted by Crippen LogP contribution is -2.47. The van der Waals surface area contributed by atoms with Crippen LogP contribution in [0.1, 0.15) is 61.9 Å². The number of hydrogen-bond donors (Lipinski definition) is 3. The van der Waals surface area contributed by atoms with Crippen LogP contribution in [-0.4, -0.2) is 105 Å². The second kappa shape index (κ2) is 18.0. The summed E-state index contributed by atoms with van der Waals surface area (Å²) in [6.45, 7) is 6.96. The molecule has 0 unspecified atom stereocenters. The van der Waals surface area contributed by atoms with Crippen molar-refractivity contribution < 1.29 is 40.8 Å². The number of aromatic amines is 1. The van der Waals surface area contributed by atoms with Gasteiger partial charge in [0, 0.05) is 93.7 Å². The fourth-order valence-electron chi connectivity index (χ4n) is 9.29. The van der Waals surface area contributed by atoms with Crippen LogP contribution in [0.25, 0.3) is 16.6 Å². The number of allylic oxidation sites excluding steroid dienone is 1. The van der Waals surface area contributed by atoms with Crippen LogP contribution in [0.15, 0.2) is 89.5 Å². The van der Waals surface area contributed by atoms with E-state index in [1.54, 1.807) is 30.5 Å². The first-order chi connectivity index (χ1) is 31.8. The molecule has 67 heavy (non-hydrogen) atoms. The molecule has 1 aliphatic carbocycles. The zero-order valence-electron chi connectivity index (χ0n) is 36.9. The van der Waals surface area contributed by atoms with Crippen molar-refractivity contribution in [2.45, 2.75) is 62.6 Å². The first kappa shape index (κ1) is 46.2. The minimum absolute atomic E-state index is 0.0464. The van der Waals surface area contributed by atoms with Gasteiger partial charge in [0.25, 0.3) is 21.6 Å². The Bertz CT molecular complexity index is 2860. The van der Waals surface area contributed by atoms with Gasteiger partial charge >= 0.3 is 6.11 Å². The summed E-state index contributed by atoms with van der Waals surface area (Å²) in [6, 6.07) is 18.8. The largest absolute Gasteiger partial charge is 0.417 e. The van der Waals surface area contributed by atoms with E-state index in [0.29, 0.717) is 47.9 Å². The fourth-order valence-corrected chi connectivity index (χ4v) is 10.4. The molecular formula is C47H50ClF3N8O7S. The van der Waals surface area contributed by atoms with E-state index in [9.17, 15) is 23.3 Å². The Labute approximate surface area is 390 Å². The molecule has 0 spiro atoms. The summed E-state index contributed by atoms with van der Waals surface area (Å²) in [5.41, 5.74) is 2.30. The van der Waals surface area contributed by atoms with Crippen LogP contribution < -0.4 is 24.6 Å². The van der Waals surface area contributed by atoms with Gasteiger partial charge in [0.2, 0.25) is 5.88 Å². The van der Waals surface area contributed by atoms with Crippen molar-refractivity contribution in [3.8, 4) is 5.88 Å². The highest BCUT2D eigenvalue weighted by Crippen LogP contribution is 2.46. The van der Waals surface area contributed by atoms with Gasteiger partial charge in [0.15, 0.2) is 0 Å². The van der Waals surface area contributed by atoms with Crippen LogP contribution >= 0.6 is 11.6 Å². The van der Waals surface area contributed by atoms with E-state index in [1.807, 2.05) is 16.9 Å². The van der Waals surface area contributed by atoms with Gasteiger partial charge in [-0.25, -0.2) is 17.5 Å². The summed E-state index contributed by atoms with van der Waals surface area (Å²) in [6.07, 6.45) is 0.966. The molecule has 0 radical (unpaired) electrons. The third-order valence-corrected chi connectivity index (χ3v) is 14.7. The number of nitrogens with one attached hydrogen (secondary N) is 3. The summed E-state index contributed by atoms with van der Waals surface area (Å²) >= 11 is 6.24. The highest BCUT2D eigenvalue weighted by atomic mass is 35.5. The van der Waals surface area contributed by atoms with Crippen molar-refractivity contribution >= 4 is 72.6 Å². The lowest BCUT2D eigenvalue weighted by Gasteiger charge is -2.40. The number of piperazine rings is 1. The monoisotopic (exact) mass is 962 g/mol. The lowest BCUT2D eigenvalue weighted by molar-refractivity contribution is -0.384. The van der Waals surface area contributed by atoms with Crippen molar-refractivity contribution in [1.82, 2.24) is 19.6 Å². The van der Waals surface area contributed by atoms with Crippen molar-refractivity contribution in [3.63, 3.8) is 0 Å². The van der Waals surface area contributed by atoms with Crippen molar-refractivity contribution in [2.75, 3.05) is 74.1 Å². The van der Waals surface area contributed by atoms with Crippen LogP contribution in [0.2, 0.25) is 5.02 Å². The standard InChI is InChI=1S/C47H50ClF3N8O7S/c1-45(2)13-11-32(37(26-45)30-3-5-33(48)6-4-30)27-56-17-19-57(20-18-56)34-7-9-36(39(24-34)58-29-47(50,51)66-44-41(58)23-31-12-16-52-42(31)54-44)43(60)55-67(63,64)35-8-10-38(40(25-35)59(61)62)53-28-46(49)14-21-65-22-15-46/h3-10,12,16,23-25,53H,11,13-15,17-22,26-29H2,1-2H3,(H,52,54)(H,55,60). The number of carbonyl (C=O) groups excluding carboxylic acids is 1. The molecule has 3 aromatic carbocycles. The molecule has 5 heterocycles. The third-order valence-electron chi connectivity index (χ3n) is 13.1. The van der Waals surface area contributed by atoms with Crippen LogP contribution in [0.4, 0.5) is 41.6 Å². The topological polar surface area (TPSA) is 175 Å². The molecule has 1 amide bonds. The quantitative estimate of drug-likeness (QED) is 0.0801. The Morgan fingerprint density at radius 1 is 0.955 bits per heavy atom. The normalized spacial score (nSPS) is 19.4.